The summed E-state index contributed by atoms with van der Waals surface area (Å²) >= 11 is 6.91. The molecule has 0 heterocycles. The summed E-state index contributed by atoms with van der Waals surface area (Å²) in [4.78, 5) is 11.8. The van der Waals surface area contributed by atoms with Gasteiger partial charge in [-0.15, -0.1) is 0 Å². The van der Waals surface area contributed by atoms with Crippen molar-refractivity contribution in [2.24, 2.45) is 0 Å². The van der Waals surface area contributed by atoms with Gasteiger partial charge in [0, 0.05) is 8.95 Å². The number of hydrogen-bond donors (Lipinski definition) is 0. The second kappa shape index (κ2) is 7.17. The molecule has 2 nitrogen and oxygen atoms in total. The number of esters is 1. The minimum Gasteiger partial charge on any atom is -0.469 e. The van der Waals surface area contributed by atoms with Crippen LogP contribution < -0.4 is 0 Å². The summed E-state index contributed by atoms with van der Waals surface area (Å²) < 4.78 is 6.81. The monoisotopic (exact) mass is 362 g/mol. The predicted molar refractivity (Wildman–Crippen MR) is 76.1 cm³/mol. The van der Waals surface area contributed by atoms with E-state index in [1.165, 1.54) is 7.11 Å². The molecule has 0 amide bonds. The van der Waals surface area contributed by atoms with E-state index < -0.39 is 0 Å². The van der Waals surface area contributed by atoms with Gasteiger partial charge in [0.2, 0.25) is 0 Å². The Balaban J connectivity index is 2.99. The summed E-state index contributed by atoms with van der Waals surface area (Å²) in [6.45, 7) is 2.12. The molecule has 1 aromatic carbocycles. The Labute approximate surface area is 119 Å². The number of ether oxygens (including phenoxy) is 1. The van der Waals surface area contributed by atoms with Gasteiger partial charge in [0.25, 0.3) is 0 Å². The first-order valence-corrected chi connectivity index (χ1v) is 7.21. The molecule has 1 rings (SSSR count). The first kappa shape index (κ1) is 14.7. The van der Waals surface area contributed by atoms with E-state index in [-0.39, 0.29) is 11.9 Å². The third-order valence-electron chi connectivity index (χ3n) is 2.67. The Kier molecular flexibility index (Phi) is 6.20. The Morgan fingerprint density at radius 2 is 2.12 bits per heavy atom. The standard InChI is InChI=1S/C13H16Br2O2/c1-3-4-5-11(13(16)17-2)10-7-6-9(14)8-12(10)15/h6-8,11H,3-5H2,1-2H3. The largest absolute Gasteiger partial charge is 0.469 e. The summed E-state index contributed by atoms with van der Waals surface area (Å²) in [6, 6.07) is 5.87. The van der Waals surface area contributed by atoms with Crippen LogP contribution in [-0.2, 0) is 9.53 Å². The van der Waals surface area contributed by atoms with Crippen LogP contribution in [0.4, 0.5) is 0 Å². The van der Waals surface area contributed by atoms with Gasteiger partial charge in [-0.1, -0.05) is 57.7 Å². The van der Waals surface area contributed by atoms with E-state index in [1.807, 2.05) is 18.2 Å². The zero-order valence-corrected chi connectivity index (χ0v) is 13.2. The van der Waals surface area contributed by atoms with Crippen LogP contribution in [0.25, 0.3) is 0 Å². The van der Waals surface area contributed by atoms with Crippen molar-refractivity contribution in [1.82, 2.24) is 0 Å². The van der Waals surface area contributed by atoms with Gasteiger partial charge in [-0.2, -0.15) is 0 Å². The fraction of sp³-hybridized carbons (Fsp3) is 0.462. The van der Waals surface area contributed by atoms with Gasteiger partial charge in [0.15, 0.2) is 0 Å². The maximum absolute atomic E-state index is 11.8. The van der Waals surface area contributed by atoms with Crippen molar-refractivity contribution in [3.05, 3.63) is 32.7 Å². The third kappa shape index (κ3) is 4.11. The number of hydrogen-bond acceptors (Lipinski definition) is 2. The molecule has 94 valence electrons. The van der Waals surface area contributed by atoms with Crippen molar-refractivity contribution in [2.75, 3.05) is 7.11 Å². The molecule has 17 heavy (non-hydrogen) atoms. The molecule has 0 aliphatic rings. The summed E-state index contributed by atoms with van der Waals surface area (Å²) in [5.41, 5.74) is 0.994. The molecular weight excluding hydrogens is 348 g/mol. The first-order chi connectivity index (χ1) is 8.10. The van der Waals surface area contributed by atoms with Crippen LogP contribution >= 0.6 is 31.9 Å². The fourth-order valence-electron chi connectivity index (χ4n) is 1.73. The molecule has 0 aromatic heterocycles. The lowest BCUT2D eigenvalue weighted by Gasteiger charge is -2.16. The van der Waals surface area contributed by atoms with Gasteiger partial charge in [-0.3, -0.25) is 4.79 Å². The van der Waals surface area contributed by atoms with E-state index in [4.69, 9.17) is 4.74 Å². The average Bonchev–Trinajstić information content (AvgIpc) is 2.31. The summed E-state index contributed by atoms with van der Waals surface area (Å²) in [7, 11) is 1.44. The van der Waals surface area contributed by atoms with Crippen molar-refractivity contribution in [1.29, 1.82) is 0 Å². The van der Waals surface area contributed by atoms with Crippen molar-refractivity contribution < 1.29 is 9.53 Å². The molecule has 0 N–H and O–H groups in total. The van der Waals surface area contributed by atoms with Crippen LogP contribution in [0.1, 0.15) is 37.7 Å². The first-order valence-electron chi connectivity index (χ1n) is 5.63. The average molecular weight is 364 g/mol. The van der Waals surface area contributed by atoms with Crippen LogP contribution in [0, 0.1) is 0 Å². The van der Waals surface area contributed by atoms with Gasteiger partial charge >= 0.3 is 5.97 Å². The molecule has 0 aliphatic heterocycles. The third-order valence-corrected chi connectivity index (χ3v) is 3.85. The van der Waals surface area contributed by atoms with Crippen LogP contribution in [0.3, 0.4) is 0 Å². The fourth-order valence-corrected chi connectivity index (χ4v) is 3.06. The van der Waals surface area contributed by atoms with Crippen molar-refractivity contribution in [2.45, 2.75) is 32.1 Å². The number of carbonyl (C=O) groups is 1. The smallest absolute Gasteiger partial charge is 0.313 e. The maximum atomic E-state index is 11.8. The second-order valence-electron chi connectivity index (χ2n) is 3.88. The quantitative estimate of drug-likeness (QED) is 0.711. The number of rotatable bonds is 5. The lowest BCUT2D eigenvalue weighted by atomic mass is 9.94. The van der Waals surface area contributed by atoms with E-state index in [9.17, 15) is 4.79 Å². The molecule has 1 unspecified atom stereocenters. The van der Waals surface area contributed by atoms with Crippen LogP contribution in [0.5, 0.6) is 0 Å². The van der Waals surface area contributed by atoms with E-state index >= 15 is 0 Å². The van der Waals surface area contributed by atoms with Crippen LogP contribution in [0.2, 0.25) is 0 Å². The van der Waals surface area contributed by atoms with E-state index in [0.29, 0.717) is 0 Å². The predicted octanol–water partition coefficient (Wildman–Crippen LogP) is 4.66. The Morgan fingerprint density at radius 3 is 2.65 bits per heavy atom. The molecule has 1 atom stereocenters. The molecular formula is C13H16Br2O2. The molecule has 0 aliphatic carbocycles. The van der Waals surface area contributed by atoms with E-state index in [2.05, 4.69) is 38.8 Å². The summed E-state index contributed by atoms with van der Waals surface area (Å²) in [6.07, 6.45) is 2.91. The van der Waals surface area contributed by atoms with Crippen LogP contribution in [0.15, 0.2) is 27.1 Å². The molecule has 4 heteroatoms. The Morgan fingerprint density at radius 1 is 1.41 bits per heavy atom. The summed E-state index contributed by atoms with van der Waals surface area (Å²) in [5, 5.41) is 0. The van der Waals surface area contributed by atoms with Gasteiger partial charge in [-0.25, -0.2) is 0 Å². The second-order valence-corrected chi connectivity index (χ2v) is 5.65. The highest BCUT2D eigenvalue weighted by Crippen LogP contribution is 2.31. The zero-order chi connectivity index (χ0) is 12.8. The van der Waals surface area contributed by atoms with Crippen molar-refractivity contribution in [3.63, 3.8) is 0 Å². The van der Waals surface area contributed by atoms with Gasteiger partial charge < -0.3 is 4.74 Å². The Hall–Kier alpha value is -0.350. The number of halogens is 2. The Bertz CT molecular complexity index is 391. The highest BCUT2D eigenvalue weighted by molar-refractivity contribution is 9.11. The summed E-state index contributed by atoms with van der Waals surface area (Å²) in [5.74, 6) is -0.344. The SMILES string of the molecule is CCCCC(C(=O)OC)c1ccc(Br)cc1Br. The zero-order valence-electron chi connectivity index (χ0n) is 10.0. The highest BCUT2D eigenvalue weighted by Gasteiger charge is 2.22. The lowest BCUT2D eigenvalue weighted by Crippen LogP contribution is -2.14. The highest BCUT2D eigenvalue weighted by atomic mass is 79.9. The minimum atomic E-state index is -0.178. The lowest BCUT2D eigenvalue weighted by molar-refractivity contribution is -0.142. The molecule has 0 saturated carbocycles. The maximum Gasteiger partial charge on any atom is 0.313 e. The van der Waals surface area contributed by atoms with E-state index in [1.54, 1.807) is 0 Å². The number of benzene rings is 1. The van der Waals surface area contributed by atoms with Crippen molar-refractivity contribution in [3.8, 4) is 0 Å². The van der Waals surface area contributed by atoms with Gasteiger partial charge in [0.1, 0.15) is 0 Å². The van der Waals surface area contributed by atoms with Crippen molar-refractivity contribution >= 4 is 37.8 Å². The molecule has 0 bridgehead atoms. The minimum absolute atomic E-state index is 0.165. The molecule has 0 saturated heterocycles. The number of carbonyl (C=O) groups excluding carboxylic acids is 1. The van der Waals surface area contributed by atoms with Gasteiger partial charge in [0.05, 0.1) is 13.0 Å². The number of unbranched alkanes of at least 4 members (excludes halogenated alkanes) is 1. The van der Waals surface area contributed by atoms with Crippen LogP contribution in [-0.4, -0.2) is 13.1 Å². The number of methoxy groups -OCH3 is 1. The molecule has 0 fully saturated rings. The van der Waals surface area contributed by atoms with Gasteiger partial charge in [-0.05, 0) is 24.1 Å². The topological polar surface area (TPSA) is 26.3 Å². The van der Waals surface area contributed by atoms with E-state index in [0.717, 1.165) is 33.8 Å². The molecule has 1 aromatic rings. The molecule has 0 radical (unpaired) electrons. The normalized spacial score (nSPS) is 12.2. The molecule has 0 spiro atoms.